The van der Waals surface area contributed by atoms with Crippen LogP contribution >= 0.6 is 11.6 Å². The van der Waals surface area contributed by atoms with E-state index in [1.54, 1.807) is 6.20 Å². The lowest BCUT2D eigenvalue weighted by molar-refractivity contribution is 0.0966. The molecule has 0 spiro atoms. The second-order valence-electron chi connectivity index (χ2n) is 5.27. The van der Waals surface area contributed by atoms with E-state index in [1.807, 2.05) is 26.0 Å². The number of hydrogen-bond donors (Lipinski definition) is 0. The van der Waals surface area contributed by atoms with Gasteiger partial charge < -0.3 is 9.30 Å². The molecular formula is C15H22ClN3O. The quantitative estimate of drug-likeness (QED) is 0.757. The molecule has 2 aromatic rings. The van der Waals surface area contributed by atoms with Crippen molar-refractivity contribution in [1.29, 1.82) is 0 Å². The normalized spacial score (nSPS) is 14.9. The van der Waals surface area contributed by atoms with Crippen molar-refractivity contribution in [3.8, 4) is 0 Å². The zero-order valence-corrected chi connectivity index (χ0v) is 13.3. The summed E-state index contributed by atoms with van der Waals surface area (Å²) < 4.78 is 7.79. The van der Waals surface area contributed by atoms with Crippen molar-refractivity contribution in [2.24, 2.45) is 5.92 Å². The lowest BCUT2D eigenvalue weighted by Gasteiger charge is -2.25. The van der Waals surface area contributed by atoms with Crippen LogP contribution in [0.5, 0.6) is 0 Å². The first-order valence-corrected chi connectivity index (χ1v) is 7.54. The molecule has 2 heterocycles. The van der Waals surface area contributed by atoms with Crippen LogP contribution in [0, 0.1) is 5.92 Å². The summed E-state index contributed by atoms with van der Waals surface area (Å²) >= 11 is 6.31. The largest absolute Gasteiger partial charge is 0.380 e. The van der Waals surface area contributed by atoms with E-state index in [0.717, 1.165) is 17.0 Å². The highest BCUT2D eigenvalue weighted by Gasteiger charge is 2.24. The van der Waals surface area contributed by atoms with Crippen molar-refractivity contribution in [2.75, 3.05) is 13.2 Å². The molecule has 0 N–H and O–H groups in total. The summed E-state index contributed by atoms with van der Waals surface area (Å²) in [4.78, 5) is 9.12. The van der Waals surface area contributed by atoms with Crippen LogP contribution in [-0.2, 0) is 4.74 Å². The number of fused-ring (bicyclic) bond motifs is 1. The monoisotopic (exact) mass is 295 g/mol. The van der Waals surface area contributed by atoms with Gasteiger partial charge in [0.15, 0.2) is 5.65 Å². The molecular weight excluding hydrogens is 274 g/mol. The minimum Gasteiger partial charge on any atom is -0.380 e. The Morgan fingerprint density at radius 3 is 2.70 bits per heavy atom. The standard InChI is InChI=1S/C15H22ClN3O/c1-5-20-9-13(10(2)3)19-14(11(4)16)18-12-7-6-8-17-15(12)19/h6-8,10-11,13H,5,9H2,1-4H3. The van der Waals surface area contributed by atoms with E-state index in [-0.39, 0.29) is 11.4 Å². The lowest BCUT2D eigenvalue weighted by Crippen LogP contribution is -2.23. The smallest absolute Gasteiger partial charge is 0.160 e. The number of rotatable bonds is 6. The third-order valence-electron chi connectivity index (χ3n) is 3.43. The molecule has 2 unspecified atom stereocenters. The van der Waals surface area contributed by atoms with Gasteiger partial charge in [-0.3, -0.25) is 0 Å². The average molecular weight is 296 g/mol. The highest BCUT2D eigenvalue weighted by molar-refractivity contribution is 6.20. The molecule has 2 aromatic heterocycles. The number of imidazole rings is 1. The van der Waals surface area contributed by atoms with Gasteiger partial charge in [-0.15, -0.1) is 11.6 Å². The third kappa shape index (κ3) is 2.96. The zero-order valence-electron chi connectivity index (χ0n) is 12.5. The Labute approximate surface area is 125 Å². The van der Waals surface area contributed by atoms with E-state index in [0.29, 0.717) is 19.1 Å². The average Bonchev–Trinajstić information content (AvgIpc) is 2.79. The van der Waals surface area contributed by atoms with Gasteiger partial charge in [-0.05, 0) is 31.9 Å². The Morgan fingerprint density at radius 2 is 2.10 bits per heavy atom. The molecule has 0 bridgehead atoms. The fourth-order valence-electron chi connectivity index (χ4n) is 2.36. The lowest BCUT2D eigenvalue weighted by atomic mass is 10.0. The Morgan fingerprint density at radius 1 is 1.35 bits per heavy atom. The second kappa shape index (κ2) is 6.55. The molecule has 0 aromatic carbocycles. The number of halogens is 1. The topological polar surface area (TPSA) is 39.9 Å². The number of aromatic nitrogens is 3. The number of nitrogens with zero attached hydrogens (tertiary/aromatic N) is 3. The van der Waals surface area contributed by atoms with Crippen molar-refractivity contribution in [1.82, 2.24) is 14.5 Å². The van der Waals surface area contributed by atoms with Crippen molar-refractivity contribution in [3.63, 3.8) is 0 Å². The van der Waals surface area contributed by atoms with Crippen LogP contribution in [0.15, 0.2) is 18.3 Å². The summed E-state index contributed by atoms with van der Waals surface area (Å²) in [6.45, 7) is 9.66. The molecule has 110 valence electrons. The van der Waals surface area contributed by atoms with Gasteiger partial charge in [-0.1, -0.05) is 13.8 Å². The Hall–Kier alpha value is -1.13. The highest BCUT2D eigenvalue weighted by atomic mass is 35.5. The van der Waals surface area contributed by atoms with Crippen molar-refractivity contribution in [2.45, 2.75) is 39.1 Å². The Bertz CT molecular complexity index is 565. The van der Waals surface area contributed by atoms with Gasteiger partial charge in [-0.25, -0.2) is 9.97 Å². The Kier molecular flexibility index (Phi) is 5.00. The van der Waals surface area contributed by atoms with Crippen LogP contribution in [0.1, 0.15) is 44.9 Å². The zero-order chi connectivity index (χ0) is 14.7. The van der Waals surface area contributed by atoms with E-state index in [4.69, 9.17) is 16.3 Å². The second-order valence-corrected chi connectivity index (χ2v) is 5.93. The summed E-state index contributed by atoms with van der Waals surface area (Å²) in [5, 5.41) is -0.160. The van der Waals surface area contributed by atoms with E-state index in [1.165, 1.54) is 0 Å². The Balaban J connectivity index is 2.55. The molecule has 5 heteroatoms. The van der Waals surface area contributed by atoms with Crippen molar-refractivity contribution >= 4 is 22.8 Å². The maximum Gasteiger partial charge on any atom is 0.160 e. The predicted octanol–water partition coefficient (Wildman–Crippen LogP) is 3.96. The van der Waals surface area contributed by atoms with Crippen LogP contribution in [0.4, 0.5) is 0 Å². The third-order valence-corrected chi connectivity index (χ3v) is 3.62. The maximum absolute atomic E-state index is 6.31. The summed E-state index contributed by atoms with van der Waals surface area (Å²) in [5.74, 6) is 1.27. The molecule has 0 fully saturated rings. The summed E-state index contributed by atoms with van der Waals surface area (Å²) in [6, 6.07) is 4.06. The summed E-state index contributed by atoms with van der Waals surface area (Å²) in [7, 11) is 0. The molecule has 2 rings (SSSR count). The molecule has 20 heavy (non-hydrogen) atoms. The van der Waals surface area contributed by atoms with Gasteiger partial charge in [0.25, 0.3) is 0 Å². The van der Waals surface area contributed by atoms with Crippen LogP contribution in [0.2, 0.25) is 0 Å². The summed E-state index contributed by atoms with van der Waals surface area (Å²) in [6.07, 6.45) is 1.79. The maximum atomic E-state index is 6.31. The van der Waals surface area contributed by atoms with E-state index < -0.39 is 0 Å². The van der Waals surface area contributed by atoms with Gasteiger partial charge in [0.2, 0.25) is 0 Å². The highest BCUT2D eigenvalue weighted by Crippen LogP contribution is 2.30. The first kappa shape index (κ1) is 15.3. The molecule has 0 amide bonds. The van der Waals surface area contributed by atoms with Crippen LogP contribution in [0.3, 0.4) is 0 Å². The van der Waals surface area contributed by atoms with E-state index >= 15 is 0 Å². The number of alkyl halides is 1. The van der Waals surface area contributed by atoms with Crippen molar-refractivity contribution < 1.29 is 4.74 Å². The van der Waals surface area contributed by atoms with Gasteiger partial charge >= 0.3 is 0 Å². The minimum atomic E-state index is -0.160. The molecule has 0 aliphatic carbocycles. The first-order valence-electron chi connectivity index (χ1n) is 7.10. The summed E-state index contributed by atoms with van der Waals surface area (Å²) in [5.41, 5.74) is 1.77. The fraction of sp³-hybridized carbons (Fsp3) is 0.600. The van der Waals surface area contributed by atoms with E-state index in [9.17, 15) is 0 Å². The molecule has 0 saturated carbocycles. The van der Waals surface area contributed by atoms with E-state index in [2.05, 4.69) is 28.4 Å². The van der Waals surface area contributed by atoms with Crippen molar-refractivity contribution in [3.05, 3.63) is 24.2 Å². The van der Waals surface area contributed by atoms with Gasteiger partial charge in [0.1, 0.15) is 11.3 Å². The van der Waals surface area contributed by atoms with Crippen LogP contribution in [-0.4, -0.2) is 27.7 Å². The number of pyridine rings is 1. The molecule has 2 atom stereocenters. The fourth-order valence-corrected chi connectivity index (χ4v) is 2.51. The van der Waals surface area contributed by atoms with Crippen LogP contribution < -0.4 is 0 Å². The minimum absolute atomic E-state index is 0.160. The van der Waals surface area contributed by atoms with Gasteiger partial charge in [-0.2, -0.15) is 0 Å². The van der Waals surface area contributed by atoms with Crippen LogP contribution in [0.25, 0.3) is 11.2 Å². The SMILES string of the molecule is CCOCC(C(C)C)n1c(C(C)Cl)nc2cccnc21. The molecule has 4 nitrogen and oxygen atoms in total. The molecule has 0 aliphatic rings. The number of hydrogen-bond acceptors (Lipinski definition) is 3. The number of ether oxygens (including phenoxy) is 1. The molecule has 0 aliphatic heterocycles. The molecule has 0 saturated heterocycles. The van der Waals surface area contributed by atoms with Gasteiger partial charge in [0.05, 0.1) is 18.0 Å². The first-order chi connectivity index (χ1) is 9.56. The predicted molar refractivity (Wildman–Crippen MR) is 82.2 cm³/mol. The molecule has 0 radical (unpaired) electrons. The van der Waals surface area contributed by atoms with Gasteiger partial charge in [0, 0.05) is 12.8 Å².